The number of ether oxygens (including phenoxy) is 1. The Morgan fingerprint density at radius 1 is 0.844 bits per heavy atom. The van der Waals surface area contributed by atoms with E-state index in [0.29, 0.717) is 83.5 Å². The molecule has 4 aromatic rings. The number of fused-ring (bicyclic) bond motifs is 2. The molecule has 4 aliphatic heterocycles. The number of likely N-dealkylation sites (tertiary alicyclic amines) is 1. The van der Waals surface area contributed by atoms with Gasteiger partial charge in [0.25, 0.3) is 5.91 Å². The molecule has 15 heteroatoms. The van der Waals surface area contributed by atoms with Gasteiger partial charge in [-0.05, 0) is 86.7 Å². The smallest absolute Gasteiger partial charge is 0.255 e. The van der Waals surface area contributed by atoms with Crippen molar-refractivity contribution in [2.45, 2.75) is 82.8 Å². The zero-order chi connectivity index (χ0) is 44.2. The number of piperidine rings is 2. The molecule has 0 saturated carbocycles. The number of aromatic nitrogens is 2. The monoisotopic (exact) mass is 884 g/mol. The molecule has 0 spiro atoms. The molecule has 9 rings (SSSR count). The predicted octanol–water partition coefficient (Wildman–Crippen LogP) is 6.68. The number of halogens is 1. The number of nitrogens with zero attached hydrogens (tertiary/aromatic N) is 6. The summed E-state index contributed by atoms with van der Waals surface area (Å²) < 4.78 is 5.91. The first-order chi connectivity index (χ1) is 31.2. The molecule has 64 heavy (non-hydrogen) atoms. The van der Waals surface area contributed by atoms with Crippen molar-refractivity contribution < 1.29 is 28.7 Å². The lowest BCUT2D eigenvalue weighted by Crippen LogP contribution is -2.52. The summed E-state index contributed by atoms with van der Waals surface area (Å²) in [6, 6.07) is 20.0. The van der Waals surface area contributed by atoms with Crippen LogP contribution in [0, 0.1) is 0 Å². The number of benzene rings is 3. The van der Waals surface area contributed by atoms with E-state index < -0.39 is 11.9 Å². The first kappa shape index (κ1) is 43.1. The number of ketones is 1. The molecule has 0 unspecified atom stereocenters. The number of hydrogen-bond donors (Lipinski definition) is 2. The normalized spacial score (nSPS) is 19.0. The van der Waals surface area contributed by atoms with Crippen LogP contribution in [0.3, 0.4) is 0 Å². The number of unbranched alkanes of at least 4 members (excludes halogenated alkanes) is 3. The zero-order valence-electron chi connectivity index (χ0n) is 35.9. The van der Waals surface area contributed by atoms with Gasteiger partial charge < -0.3 is 24.8 Å². The second-order valence-corrected chi connectivity index (χ2v) is 17.7. The van der Waals surface area contributed by atoms with Gasteiger partial charge in [-0.15, -0.1) is 0 Å². The fourth-order valence-electron chi connectivity index (χ4n) is 9.57. The number of nitrogens with one attached hydrogen (secondary N) is 2. The molecule has 3 fully saturated rings. The van der Waals surface area contributed by atoms with E-state index in [1.807, 2.05) is 53.4 Å². The highest BCUT2D eigenvalue weighted by atomic mass is 35.5. The topological polar surface area (TPSA) is 157 Å². The van der Waals surface area contributed by atoms with E-state index in [0.717, 1.165) is 88.2 Å². The van der Waals surface area contributed by atoms with E-state index in [9.17, 15) is 24.0 Å². The number of carbonyl (C=O) groups is 5. The summed E-state index contributed by atoms with van der Waals surface area (Å²) in [7, 11) is 0. The minimum absolute atomic E-state index is 0.108. The Hall–Kier alpha value is -6.12. The number of anilines is 2. The summed E-state index contributed by atoms with van der Waals surface area (Å²) in [5.41, 5.74) is 5.09. The number of hydrogen-bond acceptors (Lipinski definition) is 11. The number of amides is 4. The number of carbonyl (C=O) groups excluding carboxylic acids is 5. The van der Waals surface area contributed by atoms with Gasteiger partial charge in [-0.1, -0.05) is 48.7 Å². The van der Waals surface area contributed by atoms with Crippen molar-refractivity contribution in [1.29, 1.82) is 0 Å². The summed E-state index contributed by atoms with van der Waals surface area (Å²) >= 11 is 6.64. The molecule has 3 aromatic carbocycles. The van der Waals surface area contributed by atoms with Crippen molar-refractivity contribution in [1.82, 2.24) is 30.0 Å². The Balaban J connectivity index is 0.669. The predicted molar refractivity (Wildman–Crippen MR) is 243 cm³/mol. The highest BCUT2D eigenvalue weighted by Crippen LogP contribution is 2.37. The minimum atomic E-state index is -0.607. The Morgan fingerprint density at radius 2 is 1.64 bits per heavy atom. The van der Waals surface area contributed by atoms with Crippen LogP contribution in [0.4, 0.5) is 11.5 Å². The molecule has 0 radical (unpaired) electrons. The van der Waals surface area contributed by atoms with Gasteiger partial charge in [-0.25, -0.2) is 9.97 Å². The van der Waals surface area contributed by atoms with Gasteiger partial charge in [-0.3, -0.25) is 34.2 Å². The minimum Gasteiger partial charge on any atom is -0.457 e. The molecule has 1 aliphatic carbocycles. The number of para-hydroxylation sites is 1. The highest BCUT2D eigenvalue weighted by Gasteiger charge is 2.39. The number of Topliss-reactive ketones (excluding diaryl/α,β-unsaturated/α-hetero) is 1. The molecule has 3 saturated heterocycles. The van der Waals surface area contributed by atoms with Gasteiger partial charge >= 0.3 is 0 Å². The molecule has 2 N–H and O–H groups in total. The Kier molecular flexibility index (Phi) is 13.0. The molecular weight excluding hydrogens is 832 g/mol. The van der Waals surface area contributed by atoms with Gasteiger partial charge in [0.05, 0.1) is 10.7 Å². The van der Waals surface area contributed by atoms with E-state index in [2.05, 4.69) is 36.5 Å². The average molecular weight is 885 g/mol. The van der Waals surface area contributed by atoms with Crippen LogP contribution in [0.1, 0.15) is 95.3 Å². The lowest BCUT2D eigenvalue weighted by molar-refractivity contribution is -0.137. The molecule has 1 atom stereocenters. The van der Waals surface area contributed by atoms with Gasteiger partial charge in [0, 0.05) is 105 Å². The maximum Gasteiger partial charge on any atom is 0.255 e. The first-order valence-corrected chi connectivity index (χ1v) is 23.0. The van der Waals surface area contributed by atoms with Crippen molar-refractivity contribution >= 4 is 58.1 Å². The van der Waals surface area contributed by atoms with Crippen molar-refractivity contribution in [3.05, 3.63) is 112 Å². The van der Waals surface area contributed by atoms with Crippen molar-refractivity contribution in [2.75, 3.05) is 56.0 Å². The van der Waals surface area contributed by atoms with E-state index in [1.165, 1.54) is 6.33 Å². The Morgan fingerprint density at radius 3 is 2.42 bits per heavy atom. The van der Waals surface area contributed by atoms with Crippen LogP contribution in [-0.2, 0) is 27.3 Å². The van der Waals surface area contributed by atoms with Gasteiger partial charge in [0.15, 0.2) is 5.78 Å². The number of allylic oxidation sites excluding steroid dienone is 2. The van der Waals surface area contributed by atoms with E-state index in [1.54, 1.807) is 23.1 Å². The maximum absolute atomic E-state index is 13.9. The van der Waals surface area contributed by atoms with Crippen molar-refractivity contribution in [3.63, 3.8) is 0 Å². The van der Waals surface area contributed by atoms with E-state index in [-0.39, 0.29) is 36.0 Å². The molecule has 14 nitrogen and oxygen atoms in total. The van der Waals surface area contributed by atoms with E-state index >= 15 is 0 Å². The summed E-state index contributed by atoms with van der Waals surface area (Å²) in [4.78, 5) is 81.7. The average Bonchev–Trinajstić information content (AvgIpc) is 3.89. The SMILES string of the molecule is O=C1CC[C@H](N2Cc3cc(N4CCN(CCCCCCC(=O)N5CCC(Nc6ncnc7c6C(C(=O)c6ccc(Oc8ccccc8)cc6Cl)=CC7)CC5)CC4)ccc3C2=O)C(=O)N1. The third kappa shape index (κ3) is 9.53. The van der Waals surface area contributed by atoms with Crippen molar-refractivity contribution in [2.24, 2.45) is 0 Å². The summed E-state index contributed by atoms with van der Waals surface area (Å²) in [5.74, 6) is 1.06. The highest BCUT2D eigenvalue weighted by molar-refractivity contribution is 6.39. The maximum atomic E-state index is 13.9. The molecule has 332 valence electrons. The van der Waals surface area contributed by atoms with Crippen LogP contribution in [0.15, 0.2) is 79.1 Å². The first-order valence-electron chi connectivity index (χ1n) is 22.6. The summed E-state index contributed by atoms with van der Waals surface area (Å²) in [5, 5.41) is 6.26. The quantitative estimate of drug-likeness (QED) is 0.0746. The Labute approximate surface area is 378 Å². The largest absolute Gasteiger partial charge is 0.457 e. The lowest BCUT2D eigenvalue weighted by Gasteiger charge is -2.36. The van der Waals surface area contributed by atoms with Gasteiger partial charge in [-0.2, -0.15) is 0 Å². The standard InChI is InChI=1S/C49H53ClN8O6/c50-40-29-36(64-35-8-4-3-5-9-35)12-14-38(40)46(61)39-15-16-41-45(39)47(52-31-51-41)53-33-19-22-57(23-20-33)44(60)10-6-1-2-7-21-55-24-26-56(27-25-55)34-11-13-37-32(28-34)30-58(49(37)63)42-17-18-43(59)54-48(42)62/h3-5,8-9,11-15,28-29,31,33,42H,1-2,6-7,10,16-27,30H2,(H,51,52,53)(H,54,59,62)/t42-/m0/s1. The molecule has 5 heterocycles. The van der Waals surface area contributed by atoms with Crippen LogP contribution >= 0.6 is 11.6 Å². The number of piperazine rings is 1. The second kappa shape index (κ2) is 19.3. The number of imide groups is 1. The van der Waals surface area contributed by atoms with Gasteiger partial charge in [0.1, 0.15) is 29.7 Å². The van der Waals surface area contributed by atoms with E-state index in [4.69, 9.17) is 16.3 Å². The lowest BCUT2D eigenvalue weighted by atomic mass is 9.98. The van der Waals surface area contributed by atoms with Crippen LogP contribution in [-0.4, -0.2) is 112 Å². The van der Waals surface area contributed by atoms with Crippen molar-refractivity contribution in [3.8, 4) is 11.5 Å². The third-order valence-electron chi connectivity index (χ3n) is 13.2. The van der Waals surface area contributed by atoms with Crippen LogP contribution < -0.4 is 20.3 Å². The third-order valence-corrected chi connectivity index (χ3v) is 13.5. The fourth-order valence-corrected chi connectivity index (χ4v) is 9.82. The molecule has 1 aromatic heterocycles. The van der Waals surface area contributed by atoms with Crippen LogP contribution in [0.5, 0.6) is 11.5 Å². The second-order valence-electron chi connectivity index (χ2n) is 17.3. The van der Waals surface area contributed by atoms with Crippen LogP contribution in [0.25, 0.3) is 5.57 Å². The molecule has 0 bridgehead atoms. The molecular formula is C49H53ClN8O6. The number of rotatable bonds is 15. The molecule has 5 aliphatic rings. The Bertz CT molecular complexity index is 2460. The van der Waals surface area contributed by atoms with Crippen LogP contribution in [0.2, 0.25) is 5.02 Å². The fraction of sp³-hybridized carbons (Fsp3) is 0.408. The molecule has 4 amide bonds. The van der Waals surface area contributed by atoms with Gasteiger partial charge in [0.2, 0.25) is 17.7 Å². The summed E-state index contributed by atoms with van der Waals surface area (Å²) in [6.07, 6.45) is 10.8. The zero-order valence-corrected chi connectivity index (χ0v) is 36.7. The summed E-state index contributed by atoms with van der Waals surface area (Å²) in [6.45, 7) is 6.51.